The number of pyridine rings is 1. The first-order valence-electron chi connectivity index (χ1n) is 6.05. The molecule has 0 radical (unpaired) electrons. The number of halogens is 1. The van der Waals surface area contributed by atoms with Gasteiger partial charge in [-0.1, -0.05) is 18.2 Å². The summed E-state index contributed by atoms with van der Waals surface area (Å²) in [7, 11) is -2.15. The van der Waals surface area contributed by atoms with Gasteiger partial charge >= 0.3 is 0 Å². The number of methoxy groups -OCH3 is 1. The SMILES string of the molecule is COc1cc2c(cn1)cc(I)n2S(=O)(=O)c1ccccc1. The Morgan fingerprint density at radius 1 is 1.19 bits per heavy atom. The molecule has 2 heterocycles. The van der Waals surface area contributed by atoms with Crippen molar-refractivity contribution in [1.82, 2.24) is 8.96 Å². The molecule has 0 aliphatic carbocycles. The van der Waals surface area contributed by atoms with Crippen molar-refractivity contribution < 1.29 is 13.2 Å². The summed E-state index contributed by atoms with van der Waals surface area (Å²) in [6, 6.07) is 11.7. The van der Waals surface area contributed by atoms with Crippen LogP contribution in [-0.2, 0) is 10.0 Å². The van der Waals surface area contributed by atoms with E-state index in [4.69, 9.17) is 4.74 Å². The second-order valence-electron chi connectivity index (χ2n) is 4.34. The standard InChI is InChI=1S/C14H11IN2O3S/c1-20-14-8-12-10(9-16-14)7-13(15)17(12)21(18,19)11-5-3-2-4-6-11/h2-9H,1H3. The van der Waals surface area contributed by atoms with Gasteiger partial charge in [0.05, 0.1) is 21.2 Å². The molecule has 0 aliphatic rings. The van der Waals surface area contributed by atoms with Gasteiger partial charge in [-0.2, -0.15) is 0 Å². The molecule has 0 bridgehead atoms. The minimum Gasteiger partial charge on any atom is -0.481 e. The topological polar surface area (TPSA) is 61.2 Å². The van der Waals surface area contributed by atoms with Crippen LogP contribution in [0, 0.1) is 3.70 Å². The molecule has 0 amide bonds. The Labute approximate surface area is 135 Å². The first-order valence-corrected chi connectivity index (χ1v) is 8.57. The molecular weight excluding hydrogens is 403 g/mol. The van der Waals surface area contributed by atoms with Crippen molar-refractivity contribution in [3.8, 4) is 5.88 Å². The Morgan fingerprint density at radius 2 is 1.90 bits per heavy atom. The van der Waals surface area contributed by atoms with Gasteiger partial charge in [0.1, 0.15) is 0 Å². The van der Waals surface area contributed by atoms with E-state index in [1.165, 1.54) is 11.1 Å². The van der Waals surface area contributed by atoms with E-state index in [9.17, 15) is 8.42 Å². The van der Waals surface area contributed by atoms with Crippen molar-refractivity contribution in [3.63, 3.8) is 0 Å². The lowest BCUT2D eigenvalue weighted by Crippen LogP contribution is -2.14. The normalized spacial score (nSPS) is 11.7. The van der Waals surface area contributed by atoms with Crippen LogP contribution in [0.2, 0.25) is 0 Å². The van der Waals surface area contributed by atoms with E-state index < -0.39 is 10.0 Å². The van der Waals surface area contributed by atoms with E-state index in [1.807, 2.05) is 22.6 Å². The monoisotopic (exact) mass is 414 g/mol. The Morgan fingerprint density at radius 3 is 2.57 bits per heavy atom. The summed E-state index contributed by atoms with van der Waals surface area (Å²) in [5.41, 5.74) is 0.551. The van der Waals surface area contributed by atoms with Crippen LogP contribution in [0.25, 0.3) is 10.9 Å². The van der Waals surface area contributed by atoms with Gasteiger partial charge < -0.3 is 4.74 Å². The van der Waals surface area contributed by atoms with Crippen molar-refractivity contribution in [2.24, 2.45) is 0 Å². The minimum absolute atomic E-state index is 0.246. The molecule has 0 saturated carbocycles. The second kappa shape index (κ2) is 5.30. The lowest BCUT2D eigenvalue weighted by atomic mass is 10.3. The molecule has 1 aromatic carbocycles. The summed E-state index contributed by atoms with van der Waals surface area (Å²) in [6.07, 6.45) is 1.60. The average Bonchev–Trinajstić information content (AvgIpc) is 2.83. The van der Waals surface area contributed by atoms with Gasteiger partial charge in [-0.05, 0) is 40.8 Å². The fourth-order valence-electron chi connectivity index (χ4n) is 2.08. The van der Waals surface area contributed by atoms with E-state index >= 15 is 0 Å². The van der Waals surface area contributed by atoms with Crippen molar-refractivity contribution in [2.45, 2.75) is 4.90 Å². The number of fused-ring (bicyclic) bond motifs is 1. The first-order chi connectivity index (χ1) is 10.0. The molecule has 2 aromatic heterocycles. The lowest BCUT2D eigenvalue weighted by Gasteiger charge is -2.09. The molecule has 0 aliphatic heterocycles. The summed E-state index contributed by atoms with van der Waals surface area (Å²) >= 11 is 2.00. The number of aromatic nitrogens is 2. The van der Waals surface area contributed by atoms with Crippen molar-refractivity contribution in [3.05, 3.63) is 52.4 Å². The van der Waals surface area contributed by atoms with Gasteiger partial charge in [-0.25, -0.2) is 17.4 Å². The number of hydrogen-bond donors (Lipinski definition) is 0. The highest BCUT2D eigenvalue weighted by Gasteiger charge is 2.22. The molecule has 0 fully saturated rings. The van der Waals surface area contributed by atoms with E-state index in [-0.39, 0.29) is 4.90 Å². The maximum Gasteiger partial charge on any atom is 0.269 e. The van der Waals surface area contributed by atoms with Crippen molar-refractivity contribution in [2.75, 3.05) is 7.11 Å². The molecule has 21 heavy (non-hydrogen) atoms. The predicted molar refractivity (Wildman–Crippen MR) is 88.0 cm³/mol. The fraction of sp³-hybridized carbons (Fsp3) is 0.0714. The maximum atomic E-state index is 12.8. The predicted octanol–water partition coefficient (Wildman–Crippen LogP) is 2.89. The highest BCUT2D eigenvalue weighted by Crippen LogP contribution is 2.28. The summed E-state index contributed by atoms with van der Waals surface area (Å²) in [6.45, 7) is 0. The van der Waals surface area contributed by atoms with Crippen LogP contribution in [-0.4, -0.2) is 24.5 Å². The molecule has 0 unspecified atom stereocenters. The van der Waals surface area contributed by atoms with E-state index in [2.05, 4.69) is 4.98 Å². The zero-order valence-electron chi connectivity index (χ0n) is 11.0. The number of ether oxygens (including phenoxy) is 1. The van der Waals surface area contributed by atoms with E-state index in [1.54, 1.807) is 48.7 Å². The molecule has 0 spiro atoms. The Balaban J connectivity index is 2.32. The van der Waals surface area contributed by atoms with Crippen LogP contribution >= 0.6 is 22.6 Å². The van der Waals surface area contributed by atoms with Gasteiger partial charge in [0.15, 0.2) is 0 Å². The minimum atomic E-state index is -3.65. The van der Waals surface area contributed by atoms with Crippen LogP contribution in [0.1, 0.15) is 0 Å². The third-order valence-corrected chi connectivity index (χ3v) is 5.93. The van der Waals surface area contributed by atoms with E-state index in [0.717, 1.165) is 5.39 Å². The largest absolute Gasteiger partial charge is 0.481 e. The molecule has 5 nitrogen and oxygen atoms in total. The molecule has 0 N–H and O–H groups in total. The Hall–Kier alpha value is -1.61. The molecule has 0 atom stereocenters. The Kier molecular flexibility index (Phi) is 3.62. The summed E-state index contributed by atoms with van der Waals surface area (Å²) < 4.78 is 32.6. The van der Waals surface area contributed by atoms with Crippen molar-refractivity contribution in [1.29, 1.82) is 0 Å². The highest BCUT2D eigenvalue weighted by atomic mass is 127. The van der Waals surface area contributed by atoms with Crippen LogP contribution in [0.4, 0.5) is 0 Å². The number of rotatable bonds is 3. The Bertz CT molecular complexity index is 905. The molecule has 3 rings (SSSR count). The fourth-order valence-corrected chi connectivity index (χ4v) is 4.86. The summed E-state index contributed by atoms with van der Waals surface area (Å²) in [4.78, 5) is 4.35. The maximum absolute atomic E-state index is 12.8. The number of benzene rings is 1. The van der Waals surface area contributed by atoms with Crippen molar-refractivity contribution >= 4 is 43.5 Å². The van der Waals surface area contributed by atoms with Gasteiger partial charge in [-0.3, -0.25) is 0 Å². The third-order valence-electron chi connectivity index (χ3n) is 3.06. The molecule has 3 aromatic rings. The zero-order chi connectivity index (χ0) is 15.0. The summed E-state index contributed by atoms with van der Waals surface area (Å²) in [5.74, 6) is 0.376. The van der Waals surface area contributed by atoms with E-state index in [0.29, 0.717) is 15.1 Å². The van der Waals surface area contributed by atoms with Crippen LogP contribution < -0.4 is 4.74 Å². The van der Waals surface area contributed by atoms with Gasteiger partial charge in [0.2, 0.25) is 5.88 Å². The van der Waals surface area contributed by atoms with Crippen LogP contribution in [0.5, 0.6) is 5.88 Å². The quantitative estimate of drug-likeness (QED) is 0.619. The van der Waals surface area contributed by atoms with Crippen LogP contribution in [0.3, 0.4) is 0 Å². The lowest BCUT2D eigenvalue weighted by molar-refractivity contribution is 0.398. The van der Waals surface area contributed by atoms with Crippen LogP contribution in [0.15, 0.2) is 53.6 Å². The second-order valence-corrected chi connectivity index (χ2v) is 7.23. The summed E-state index contributed by atoms with van der Waals surface area (Å²) in [5, 5.41) is 0.750. The van der Waals surface area contributed by atoms with Gasteiger partial charge in [-0.15, -0.1) is 0 Å². The van der Waals surface area contributed by atoms with Gasteiger partial charge in [0, 0.05) is 17.6 Å². The number of nitrogens with zero attached hydrogens (tertiary/aromatic N) is 2. The number of hydrogen-bond acceptors (Lipinski definition) is 4. The van der Waals surface area contributed by atoms with Gasteiger partial charge in [0.25, 0.3) is 10.0 Å². The first kappa shape index (κ1) is 14.3. The highest BCUT2D eigenvalue weighted by molar-refractivity contribution is 14.1. The third kappa shape index (κ3) is 2.40. The molecule has 0 saturated heterocycles. The average molecular weight is 414 g/mol. The smallest absolute Gasteiger partial charge is 0.269 e. The zero-order valence-corrected chi connectivity index (χ0v) is 14.0. The molecule has 108 valence electrons. The molecular formula is C14H11IN2O3S. The molecule has 7 heteroatoms.